The van der Waals surface area contributed by atoms with Crippen LogP contribution in [0.5, 0.6) is 0 Å². The van der Waals surface area contributed by atoms with Crippen LogP contribution in [-0.4, -0.2) is 40.0 Å². The van der Waals surface area contributed by atoms with Gasteiger partial charge in [-0.2, -0.15) is 0 Å². The molecule has 0 fully saturated rings. The summed E-state index contributed by atoms with van der Waals surface area (Å²) in [5.41, 5.74) is 4.95. The highest BCUT2D eigenvalue weighted by Crippen LogP contribution is 2.26. The number of carbonyl (C=O) groups is 4. The van der Waals surface area contributed by atoms with Crippen LogP contribution in [0.1, 0.15) is 31.1 Å². The molecule has 10 nitrogen and oxygen atoms in total. The van der Waals surface area contributed by atoms with E-state index in [2.05, 4.69) is 5.32 Å². The molecule has 0 spiro atoms. The average Bonchev–Trinajstić information content (AvgIpc) is 2.86. The number of nitrogens with two attached hydrogens (primary N) is 1. The standard InChI is InChI=1S/C17H12N4O6/c18-15(23)11-3-1-2-4-13(11)19-14(22)8-20-16(24)10-6-5-9(21(26)27)7-12(10)17(20)25/h1-7H,8H2,(H2,18,23)(H,19,22). The molecule has 4 amide bonds. The first-order valence-corrected chi connectivity index (χ1v) is 7.63. The highest BCUT2D eigenvalue weighted by Gasteiger charge is 2.37. The van der Waals surface area contributed by atoms with Crippen molar-refractivity contribution in [2.24, 2.45) is 5.73 Å². The van der Waals surface area contributed by atoms with Crippen LogP contribution in [0.4, 0.5) is 11.4 Å². The van der Waals surface area contributed by atoms with E-state index in [9.17, 15) is 29.3 Å². The maximum Gasteiger partial charge on any atom is 0.270 e. The molecule has 0 saturated carbocycles. The van der Waals surface area contributed by atoms with Gasteiger partial charge in [0.05, 0.1) is 27.3 Å². The number of nitro groups is 1. The lowest BCUT2D eigenvalue weighted by Crippen LogP contribution is -2.37. The van der Waals surface area contributed by atoms with E-state index in [1.165, 1.54) is 18.2 Å². The number of nitrogens with one attached hydrogen (secondary N) is 1. The summed E-state index contributed by atoms with van der Waals surface area (Å²) in [4.78, 5) is 59.2. The van der Waals surface area contributed by atoms with Gasteiger partial charge in [0.2, 0.25) is 5.91 Å². The van der Waals surface area contributed by atoms with Gasteiger partial charge in [0.15, 0.2) is 0 Å². The highest BCUT2D eigenvalue weighted by molar-refractivity contribution is 6.23. The van der Waals surface area contributed by atoms with Crippen molar-refractivity contribution in [3.8, 4) is 0 Å². The third kappa shape index (κ3) is 3.23. The van der Waals surface area contributed by atoms with Gasteiger partial charge in [0.1, 0.15) is 6.54 Å². The zero-order valence-electron chi connectivity index (χ0n) is 13.7. The second-order valence-electron chi connectivity index (χ2n) is 5.64. The number of rotatable bonds is 5. The smallest absolute Gasteiger partial charge is 0.270 e. The molecule has 136 valence electrons. The van der Waals surface area contributed by atoms with Crippen molar-refractivity contribution in [1.29, 1.82) is 0 Å². The summed E-state index contributed by atoms with van der Waals surface area (Å²) in [6.07, 6.45) is 0. The van der Waals surface area contributed by atoms with Crippen molar-refractivity contribution < 1.29 is 24.1 Å². The summed E-state index contributed by atoms with van der Waals surface area (Å²) >= 11 is 0. The topological polar surface area (TPSA) is 153 Å². The quantitative estimate of drug-likeness (QED) is 0.455. The highest BCUT2D eigenvalue weighted by atomic mass is 16.6. The monoisotopic (exact) mass is 368 g/mol. The summed E-state index contributed by atoms with van der Waals surface area (Å²) in [5, 5.41) is 13.3. The van der Waals surface area contributed by atoms with E-state index < -0.39 is 35.1 Å². The van der Waals surface area contributed by atoms with Crippen LogP contribution in [0.2, 0.25) is 0 Å². The van der Waals surface area contributed by atoms with Crippen LogP contribution in [0, 0.1) is 10.1 Å². The number of hydrogen-bond donors (Lipinski definition) is 2. The molecule has 1 aliphatic heterocycles. The molecule has 2 aromatic rings. The summed E-state index contributed by atoms with van der Waals surface area (Å²) in [7, 11) is 0. The minimum atomic E-state index is -0.808. The van der Waals surface area contributed by atoms with E-state index in [4.69, 9.17) is 5.73 Å². The molecular formula is C17H12N4O6. The summed E-state index contributed by atoms with van der Waals surface area (Å²) in [6, 6.07) is 9.28. The van der Waals surface area contributed by atoms with Gasteiger partial charge in [-0.1, -0.05) is 12.1 Å². The number of non-ortho nitro benzene ring substituents is 1. The number of imide groups is 1. The second kappa shape index (κ2) is 6.67. The van der Waals surface area contributed by atoms with Gasteiger partial charge in [0, 0.05) is 12.1 Å². The Hall–Kier alpha value is -4.08. The summed E-state index contributed by atoms with van der Waals surface area (Å²) < 4.78 is 0. The Balaban J connectivity index is 1.79. The molecule has 10 heteroatoms. The number of nitro benzene ring substituents is 1. The van der Waals surface area contributed by atoms with Gasteiger partial charge in [-0.05, 0) is 18.2 Å². The summed E-state index contributed by atoms with van der Waals surface area (Å²) in [5.74, 6) is -3.02. The number of fused-ring (bicyclic) bond motifs is 1. The maximum atomic E-state index is 12.4. The summed E-state index contributed by atoms with van der Waals surface area (Å²) in [6.45, 7) is -0.618. The fourth-order valence-corrected chi connectivity index (χ4v) is 2.68. The minimum absolute atomic E-state index is 0.0177. The number of primary amides is 1. The maximum absolute atomic E-state index is 12.4. The first-order valence-electron chi connectivity index (χ1n) is 7.63. The molecule has 1 aliphatic rings. The van der Waals surface area contributed by atoms with Crippen molar-refractivity contribution in [1.82, 2.24) is 4.90 Å². The van der Waals surface area contributed by atoms with E-state index >= 15 is 0 Å². The number of hydrogen-bond acceptors (Lipinski definition) is 6. The first-order chi connectivity index (χ1) is 12.8. The number of benzene rings is 2. The molecule has 2 aromatic carbocycles. The number of anilines is 1. The molecule has 3 N–H and O–H groups in total. The Kier molecular flexibility index (Phi) is 4.38. The van der Waals surface area contributed by atoms with Crippen LogP contribution in [0.3, 0.4) is 0 Å². The normalized spacial score (nSPS) is 12.7. The van der Waals surface area contributed by atoms with Gasteiger partial charge < -0.3 is 11.1 Å². The van der Waals surface area contributed by atoms with Crippen LogP contribution >= 0.6 is 0 Å². The van der Waals surface area contributed by atoms with Crippen molar-refractivity contribution in [2.75, 3.05) is 11.9 Å². The van der Waals surface area contributed by atoms with Gasteiger partial charge in [-0.25, -0.2) is 0 Å². The number of amides is 4. The Morgan fingerprint density at radius 3 is 2.41 bits per heavy atom. The van der Waals surface area contributed by atoms with Crippen LogP contribution < -0.4 is 11.1 Å². The number of carbonyl (C=O) groups excluding carboxylic acids is 4. The van der Waals surface area contributed by atoms with E-state index in [1.807, 2.05) is 0 Å². The molecular weight excluding hydrogens is 356 g/mol. The fourth-order valence-electron chi connectivity index (χ4n) is 2.68. The average molecular weight is 368 g/mol. The van der Waals surface area contributed by atoms with Crippen LogP contribution in [0.15, 0.2) is 42.5 Å². The van der Waals surface area contributed by atoms with E-state index in [0.29, 0.717) is 4.90 Å². The Bertz CT molecular complexity index is 1020. The van der Waals surface area contributed by atoms with Crippen molar-refractivity contribution in [2.45, 2.75) is 0 Å². The van der Waals surface area contributed by atoms with Gasteiger partial charge in [-0.3, -0.25) is 34.2 Å². The second-order valence-corrected chi connectivity index (χ2v) is 5.64. The van der Waals surface area contributed by atoms with E-state index in [-0.39, 0.29) is 28.1 Å². The Labute approximate surface area is 151 Å². The Morgan fingerprint density at radius 1 is 1.07 bits per heavy atom. The fraction of sp³-hybridized carbons (Fsp3) is 0.0588. The zero-order chi connectivity index (χ0) is 19.7. The molecule has 0 atom stereocenters. The minimum Gasteiger partial charge on any atom is -0.366 e. The molecule has 3 rings (SSSR count). The molecule has 27 heavy (non-hydrogen) atoms. The third-order valence-electron chi connectivity index (χ3n) is 3.93. The molecule has 0 unspecified atom stereocenters. The van der Waals surface area contributed by atoms with Crippen molar-refractivity contribution >= 4 is 35.0 Å². The van der Waals surface area contributed by atoms with Crippen molar-refractivity contribution in [3.63, 3.8) is 0 Å². The largest absolute Gasteiger partial charge is 0.366 e. The van der Waals surface area contributed by atoms with Gasteiger partial charge >= 0.3 is 0 Å². The van der Waals surface area contributed by atoms with E-state index in [0.717, 1.165) is 12.1 Å². The van der Waals surface area contributed by atoms with Gasteiger partial charge in [0.25, 0.3) is 23.4 Å². The molecule has 1 heterocycles. The van der Waals surface area contributed by atoms with Gasteiger partial charge in [-0.15, -0.1) is 0 Å². The lowest BCUT2D eigenvalue weighted by atomic mass is 10.1. The molecule has 0 aromatic heterocycles. The molecule has 0 bridgehead atoms. The lowest BCUT2D eigenvalue weighted by Gasteiger charge is -2.14. The van der Waals surface area contributed by atoms with Crippen LogP contribution in [0.25, 0.3) is 0 Å². The predicted octanol–water partition coefficient (Wildman–Crippen LogP) is 0.928. The lowest BCUT2D eigenvalue weighted by molar-refractivity contribution is -0.384. The predicted molar refractivity (Wildman–Crippen MR) is 92.1 cm³/mol. The van der Waals surface area contributed by atoms with Crippen molar-refractivity contribution in [3.05, 3.63) is 69.3 Å². The Morgan fingerprint density at radius 2 is 1.74 bits per heavy atom. The zero-order valence-corrected chi connectivity index (χ0v) is 13.7. The third-order valence-corrected chi connectivity index (χ3v) is 3.93. The molecule has 0 saturated heterocycles. The van der Waals surface area contributed by atoms with E-state index in [1.54, 1.807) is 12.1 Å². The number of nitrogens with zero attached hydrogens (tertiary/aromatic N) is 2. The SMILES string of the molecule is NC(=O)c1ccccc1NC(=O)CN1C(=O)c2ccc([N+](=O)[O-])cc2C1=O. The molecule has 0 radical (unpaired) electrons. The first kappa shape index (κ1) is 17.7. The number of para-hydroxylation sites is 1. The van der Waals surface area contributed by atoms with Crippen LogP contribution in [-0.2, 0) is 4.79 Å². The molecule has 0 aliphatic carbocycles.